The van der Waals surface area contributed by atoms with Gasteiger partial charge in [0.25, 0.3) is 17.5 Å². The van der Waals surface area contributed by atoms with Crippen LogP contribution in [-0.4, -0.2) is 28.2 Å². The summed E-state index contributed by atoms with van der Waals surface area (Å²) in [4.78, 5) is 40.8. The number of non-ortho nitro benzene ring substituents is 1. The predicted molar refractivity (Wildman–Crippen MR) is 120 cm³/mol. The van der Waals surface area contributed by atoms with Crippen molar-refractivity contribution in [1.82, 2.24) is 4.90 Å². The number of fused-ring (bicyclic) bond motifs is 1. The average molecular weight is 425 g/mol. The Morgan fingerprint density at radius 3 is 2.25 bits per heavy atom. The number of hydrogen-bond donors (Lipinski definition) is 0. The molecular formula is C25H19N3O4. The van der Waals surface area contributed by atoms with Crippen LogP contribution >= 0.6 is 0 Å². The van der Waals surface area contributed by atoms with Crippen LogP contribution < -0.4 is 4.90 Å². The smallest absolute Gasteiger partial charge is 0.278 e. The van der Waals surface area contributed by atoms with E-state index in [2.05, 4.69) is 0 Å². The molecule has 0 radical (unpaired) electrons. The summed E-state index contributed by atoms with van der Waals surface area (Å²) in [5, 5.41) is 11.1. The van der Waals surface area contributed by atoms with E-state index >= 15 is 0 Å². The number of nitro groups is 1. The predicted octanol–water partition coefficient (Wildman–Crippen LogP) is 3.94. The van der Waals surface area contributed by atoms with Crippen molar-refractivity contribution in [3.05, 3.63) is 111 Å². The minimum absolute atomic E-state index is 0.0691. The van der Waals surface area contributed by atoms with Gasteiger partial charge in [-0.15, -0.1) is 0 Å². The first kappa shape index (κ1) is 19.7. The molecule has 2 aliphatic rings. The molecule has 7 heteroatoms. The normalized spacial score (nSPS) is 15.5. The van der Waals surface area contributed by atoms with Crippen molar-refractivity contribution < 1.29 is 14.5 Å². The number of para-hydroxylation sites is 1. The number of nitro benzene ring substituents is 1. The van der Waals surface area contributed by atoms with Crippen molar-refractivity contribution in [2.45, 2.75) is 13.0 Å². The Hall–Kier alpha value is -4.26. The highest BCUT2D eigenvalue weighted by molar-refractivity contribution is 6.36. The fourth-order valence-corrected chi connectivity index (χ4v) is 4.30. The highest BCUT2D eigenvalue weighted by atomic mass is 16.6. The van der Waals surface area contributed by atoms with E-state index in [4.69, 9.17) is 0 Å². The fourth-order valence-electron chi connectivity index (χ4n) is 4.30. The second-order valence-corrected chi connectivity index (χ2v) is 7.74. The van der Waals surface area contributed by atoms with Gasteiger partial charge in [-0.05, 0) is 41.3 Å². The van der Waals surface area contributed by atoms with Crippen LogP contribution in [0.4, 0.5) is 11.4 Å². The van der Waals surface area contributed by atoms with Crippen LogP contribution in [0.2, 0.25) is 0 Å². The maximum absolute atomic E-state index is 13.6. The lowest BCUT2D eigenvalue weighted by Crippen LogP contribution is -2.34. The maximum Gasteiger partial charge on any atom is 0.278 e. The topological polar surface area (TPSA) is 83.8 Å². The SMILES string of the molecule is O=C1C(c2ccc([N+](=O)[O-])cc2)=C(N2CCc3ccccc32)C(=O)N1Cc1ccccc1. The van der Waals surface area contributed by atoms with Crippen molar-refractivity contribution >= 4 is 28.8 Å². The van der Waals surface area contributed by atoms with E-state index in [9.17, 15) is 19.7 Å². The van der Waals surface area contributed by atoms with E-state index in [-0.39, 0.29) is 23.7 Å². The number of imide groups is 1. The highest BCUT2D eigenvalue weighted by Gasteiger charge is 2.43. The van der Waals surface area contributed by atoms with Gasteiger partial charge in [0.2, 0.25) is 0 Å². The molecule has 0 atom stereocenters. The minimum atomic E-state index is -0.487. The van der Waals surface area contributed by atoms with Gasteiger partial charge in [0.05, 0.1) is 17.0 Å². The van der Waals surface area contributed by atoms with E-state index in [1.165, 1.54) is 29.2 Å². The number of rotatable bonds is 5. The first-order valence-electron chi connectivity index (χ1n) is 10.3. The Morgan fingerprint density at radius 2 is 1.53 bits per heavy atom. The van der Waals surface area contributed by atoms with Crippen LogP contribution in [0.3, 0.4) is 0 Å². The van der Waals surface area contributed by atoms with Gasteiger partial charge in [0.15, 0.2) is 0 Å². The number of carbonyl (C=O) groups is 2. The number of hydrogen-bond acceptors (Lipinski definition) is 5. The molecule has 32 heavy (non-hydrogen) atoms. The standard InChI is InChI=1S/C25H19N3O4/c29-24-22(19-10-12-20(13-11-19)28(31)32)23(26-15-14-18-8-4-5-9-21(18)26)25(30)27(24)16-17-6-2-1-3-7-17/h1-13H,14-16H2. The second-order valence-electron chi connectivity index (χ2n) is 7.74. The number of nitrogens with zero attached hydrogens (tertiary/aromatic N) is 3. The lowest BCUT2D eigenvalue weighted by Gasteiger charge is -2.21. The molecule has 2 heterocycles. The largest absolute Gasteiger partial charge is 0.336 e. The van der Waals surface area contributed by atoms with Gasteiger partial charge in [-0.1, -0.05) is 48.5 Å². The lowest BCUT2D eigenvalue weighted by molar-refractivity contribution is -0.384. The number of amides is 2. The molecule has 7 nitrogen and oxygen atoms in total. The molecule has 0 saturated heterocycles. The molecular weight excluding hydrogens is 406 g/mol. The zero-order valence-corrected chi connectivity index (χ0v) is 17.1. The summed E-state index contributed by atoms with van der Waals surface area (Å²) >= 11 is 0. The lowest BCUT2D eigenvalue weighted by atomic mass is 10.0. The van der Waals surface area contributed by atoms with Gasteiger partial charge in [-0.2, -0.15) is 0 Å². The fraction of sp³-hybridized carbons (Fsp3) is 0.120. The van der Waals surface area contributed by atoms with Crippen molar-refractivity contribution in [2.24, 2.45) is 0 Å². The van der Waals surface area contributed by atoms with E-state index < -0.39 is 10.8 Å². The third kappa shape index (κ3) is 3.24. The van der Waals surface area contributed by atoms with Gasteiger partial charge in [0, 0.05) is 24.4 Å². The Morgan fingerprint density at radius 1 is 0.844 bits per heavy atom. The van der Waals surface area contributed by atoms with Crippen molar-refractivity contribution in [3.8, 4) is 0 Å². The monoisotopic (exact) mass is 425 g/mol. The summed E-state index contributed by atoms with van der Waals surface area (Å²) in [6, 6.07) is 23.0. The van der Waals surface area contributed by atoms with Crippen LogP contribution in [0.25, 0.3) is 5.57 Å². The van der Waals surface area contributed by atoms with Crippen molar-refractivity contribution in [3.63, 3.8) is 0 Å². The molecule has 3 aromatic carbocycles. The summed E-state index contributed by atoms with van der Waals surface area (Å²) in [5.41, 5.74) is 3.89. The van der Waals surface area contributed by atoms with Gasteiger partial charge in [-0.3, -0.25) is 24.6 Å². The molecule has 0 aliphatic carbocycles. The Labute approximate surface area is 184 Å². The van der Waals surface area contributed by atoms with Gasteiger partial charge in [0.1, 0.15) is 5.70 Å². The molecule has 2 aliphatic heterocycles. The minimum Gasteiger partial charge on any atom is -0.336 e. The zero-order chi connectivity index (χ0) is 22.2. The number of benzene rings is 3. The van der Waals surface area contributed by atoms with Crippen molar-refractivity contribution in [2.75, 3.05) is 11.4 Å². The quantitative estimate of drug-likeness (QED) is 0.351. The van der Waals surface area contributed by atoms with Gasteiger partial charge < -0.3 is 4.90 Å². The Kier molecular flexibility index (Phi) is 4.78. The van der Waals surface area contributed by atoms with Gasteiger partial charge >= 0.3 is 0 Å². The third-order valence-electron chi connectivity index (χ3n) is 5.85. The van der Waals surface area contributed by atoms with Crippen LogP contribution in [-0.2, 0) is 22.6 Å². The first-order chi connectivity index (χ1) is 15.5. The highest BCUT2D eigenvalue weighted by Crippen LogP contribution is 2.39. The summed E-state index contributed by atoms with van der Waals surface area (Å²) in [6.07, 6.45) is 0.771. The van der Waals surface area contributed by atoms with Gasteiger partial charge in [-0.25, -0.2) is 0 Å². The first-order valence-corrected chi connectivity index (χ1v) is 10.3. The summed E-state index contributed by atoms with van der Waals surface area (Å²) in [6.45, 7) is 0.747. The van der Waals surface area contributed by atoms with Crippen LogP contribution in [0.1, 0.15) is 16.7 Å². The molecule has 0 saturated carbocycles. The maximum atomic E-state index is 13.6. The van der Waals surface area contributed by atoms with E-state index in [0.717, 1.165) is 23.2 Å². The molecule has 158 valence electrons. The molecule has 0 aromatic heterocycles. The molecule has 5 rings (SSSR count). The number of anilines is 1. The Balaban J connectivity index is 1.61. The zero-order valence-electron chi connectivity index (χ0n) is 17.1. The summed E-state index contributed by atoms with van der Waals surface area (Å²) in [5.74, 6) is -0.754. The van der Waals surface area contributed by atoms with Crippen LogP contribution in [0.5, 0.6) is 0 Å². The van der Waals surface area contributed by atoms with Crippen molar-refractivity contribution in [1.29, 1.82) is 0 Å². The molecule has 0 spiro atoms. The van der Waals surface area contributed by atoms with E-state index in [1.54, 1.807) is 0 Å². The van der Waals surface area contributed by atoms with Crippen LogP contribution in [0, 0.1) is 10.1 Å². The third-order valence-corrected chi connectivity index (χ3v) is 5.85. The molecule has 0 fully saturated rings. The molecule has 0 N–H and O–H groups in total. The molecule has 2 amide bonds. The van der Waals surface area contributed by atoms with E-state index in [0.29, 0.717) is 17.8 Å². The summed E-state index contributed by atoms with van der Waals surface area (Å²) in [7, 11) is 0. The molecule has 0 bridgehead atoms. The van der Waals surface area contributed by atoms with E-state index in [1.807, 2.05) is 59.5 Å². The second kappa shape index (κ2) is 7.77. The molecule has 3 aromatic rings. The molecule has 0 unspecified atom stereocenters. The average Bonchev–Trinajstić information content (AvgIpc) is 3.34. The number of carbonyl (C=O) groups excluding carboxylic acids is 2. The summed E-state index contributed by atoms with van der Waals surface area (Å²) < 4.78 is 0. The Bertz CT molecular complexity index is 1270. The van der Waals surface area contributed by atoms with Crippen LogP contribution in [0.15, 0.2) is 84.6 Å².